The van der Waals surface area contributed by atoms with Crippen LogP contribution in [0.5, 0.6) is 0 Å². The van der Waals surface area contributed by atoms with E-state index in [0.29, 0.717) is 12.1 Å². The van der Waals surface area contributed by atoms with E-state index >= 15 is 0 Å². The summed E-state index contributed by atoms with van der Waals surface area (Å²) in [7, 11) is 0. The number of hydrogen-bond acceptors (Lipinski definition) is 3. The molecule has 3 heteroatoms. The molecular formula is C15H19NO2. The van der Waals surface area contributed by atoms with Crippen molar-refractivity contribution >= 4 is 12.0 Å². The quantitative estimate of drug-likeness (QED) is 0.813. The maximum absolute atomic E-state index is 11.2. The van der Waals surface area contributed by atoms with Gasteiger partial charge < -0.3 is 10.0 Å². The molecule has 2 unspecified atom stereocenters. The van der Waals surface area contributed by atoms with Gasteiger partial charge in [-0.2, -0.15) is 0 Å². The van der Waals surface area contributed by atoms with Crippen molar-refractivity contribution in [3.05, 3.63) is 29.3 Å². The number of aldehydes is 1. The topological polar surface area (TPSA) is 40.5 Å². The fourth-order valence-corrected chi connectivity index (χ4v) is 3.55. The molecule has 0 amide bonds. The van der Waals surface area contributed by atoms with Gasteiger partial charge >= 0.3 is 0 Å². The monoisotopic (exact) mass is 245 g/mol. The maximum Gasteiger partial charge on any atom is 0.152 e. The molecule has 1 N–H and O–H groups in total. The Morgan fingerprint density at radius 1 is 1.28 bits per heavy atom. The Morgan fingerprint density at radius 3 is 2.56 bits per heavy atom. The second kappa shape index (κ2) is 4.39. The van der Waals surface area contributed by atoms with Gasteiger partial charge in [0, 0.05) is 23.3 Å². The molecule has 0 aromatic heterocycles. The molecule has 3 nitrogen and oxygen atoms in total. The van der Waals surface area contributed by atoms with Crippen molar-refractivity contribution in [3.8, 4) is 0 Å². The zero-order chi connectivity index (χ0) is 12.7. The van der Waals surface area contributed by atoms with Crippen LogP contribution in [0.2, 0.25) is 0 Å². The molecule has 2 aliphatic rings. The minimum atomic E-state index is -0.163. The summed E-state index contributed by atoms with van der Waals surface area (Å²) in [5.41, 5.74) is 2.95. The summed E-state index contributed by atoms with van der Waals surface area (Å²) >= 11 is 0. The molecule has 2 bridgehead atoms. The van der Waals surface area contributed by atoms with Gasteiger partial charge in [-0.1, -0.05) is 11.6 Å². The molecule has 2 heterocycles. The third-order valence-corrected chi connectivity index (χ3v) is 4.30. The first-order chi connectivity index (χ1) is 8.69. The lowest BCUT2D eigenvalue weighted by Gasteiger charge is -2.39. The second-order valence-electron chi connectivity index (χ2n) is 5.60. The number of fused-ring (bicyclic) bond motifs is 2. The number of carbonyl (C=O) groups is 1. The van der Waals surface area contributed by atoms with Gasteiger partial charge in [-0.15, -0.1) is 0 Å². The molecule has 1 aromatic carbocycles. The van der Waals surface area contributed by atoms with Crippen molar-refractivity contribution in [1.82, 2.24) is 0 Å². The summed E-state index contributed by atoms with van der Waals surface area (Å²) in [6.07, 6.45) is 4.73. The minimum Gasteiger partial charge on any atom is -0.393 e. The molecule has 2 fully saturated rings. The average Bonchev–Trinajstić information content (AvgIpc) is 2.62. The van der Waals surface area contributed by atoms with Crippen molar-refractivity contribution in [2.24, 2.45) is 0 Å². The van der Waals surface area contributed by atoms with Crippen LogP contribution >= 0.6 is 0 Å². The Hall–Kier alpha value is -1.35. The van der Waals surface area contributed by atoms with Crippen LogP contribution < -0.4 is 4.90 Å². The van der Waals surface area contributed by atoms with E-state index in [1.165, 1.54) is 0 Å². The fraction of sp³-hybridized carbons (Fsp3) is 0.533. The van der Waals surface area contributed by atoms with Gasteiger partial charge in [-0.3, -0.25) is 4.79 Å². The van der Waals surface area contributed by atoms with Gasteiger partial charge in [0.05, 0.1) is 6.10 Å². The predicted octanol–water partition coefficient (Wildman–Crippen LogP) is 2.30. The molecule has 0 saturated carbocycles. The smallest absolute Gasteiger partial charge is 0.152 e. The van der Waals surface area contributed by atoms with Crippen LogP contribution in [0, 0.1) is 6.92 Å². The van der Waals surface area contributed by atoms with E-state index in [0.717, 1.165) is 48.8 Å². The number of carbonyl (C=O) groups excluding carboxylic acids is 1. The van der Waals surface area contributed by atoms with Gasteiger partial charge in [0.25, 0.3) is 0 Å². The van der Waals surface area contributed by atoms with Crippen LogP contribution in [0.15, 0.2) is 18.2 Å². The fourth-order valence-electron chi connectivity index (χ4n) is 3.55. The second-order valence-corrected chi connectivity index (χ2v) is 5.60. The zero-order valence-corrected chi connectivity index (χ0v) is 10.7. The van der Waals surface area contributed by atoms with Gasteiger partial charge in [0.1, 0.15) is 0 Å². The van der Waals surface area contributed by atoms with Gasteiger partial charge in [0.2, 0.25) is 0 Å². The zero-order valence-electron chi connectivity index (χ0n) is 10.7. The Bertz CT molecular complexity index is 458. The molecule has 18 heavy (non-hydrogen) atoms. The number of benzene rings is 1. The average molecular weight is 245 g/mol. The molecule has 2 atom stereocenters. The lowest BCUT2D eigenvalue weighted by atomic mass is 9.97. The van der Waals surface area contributed by atoms with Crippen LogP contribution in [0.3, 0.4) is 0 Å². The summed E-state index contributed by atoms with van der Waals surface area (Å²) in [6, 6.07) is 6.88. The number of hydrogen-bond donors (Lipinski definition) is 1. The van der Waals surface area contributed by atoms with Crippen molar-refractivity contribution in [2.45, 2.75) is 50.8 Å². The van der Waals surface area contributed by atoms with Gasteiger partial charge in [-0.05, 0) is 44.7 Å². The van der Waals surface area contributed by atoms with Crippen LogP contribution in [-0.4, -0.2) is 29.6 Å². The number of aliphatic hydroxyl groups is 1. The van der Waals surface area contributed by atoms with Crippen molar-refractivity contribution < 1.29 is 9.90 Å². The Morgan fingerprint density at radius 2 is 1.94 bits per heavy atom. The molecule has 0 spiro atoms. The number of aryl methyl sites for hydroxylation is 1. The SMILES string of the molecule is Cc1ccc(N2C3CCC2CC(O)C3)c(C=O)c1. The lowest BCUT2D eigenvalue weighted by Crippen LogP contribution is -2.45. The van der Waals surface area contributed by atoms with Gasteiger partial charge in [-0.25, -0.2) is 0 Å². The van der Waals surface area contributed by atoms with Crippen molar-refractivity contribution in [3.63, 3.8) is 0 Å². The highest BCUT2D eigenvalue weighted by atomic mass is 16.3. The molecule has 0 aliphatic carbocycles. The molecule has 0 radical (unpaired) electrons. The van der Waals surface area contributed by atoms with E-state index < -0.39 is 0 Å². The largest absolute Gasteiger partial charge is 0.393 e. The first-order valence-corrected chi connectivity index (χ1v) is 6.71. The van der Waals surface area contributed by atoms with Crippen molar-refractivity contribution in [2.75, 3.05) is 4.90 Å². The first-order valence-electron chi connectivity index (χ1n) is 6.71. The summed E-state index contributed by atoms with van der Waals surface area (Å²) in [5.74, 6) is 0. The lowest BCUT2D eigenvalue weighted by molar-refractivity contribution is 0.112. The van der Waals surface area contributed by atoms with E-state index in [9.17, 15) is 9.90 Å². The first kappa shape index (κ1) is 11.7. The third-order valence-electron chi connectivity index (χ3n) is 4.30. The Labute approximate surface area is 107 Å². The number of nitrogens with zero attached hydrogens (tertiary/aromatic N) is 1. The van der Waals surface area contributed by atoms with E-state index in [4.69, 9.17) is 0 Å². The van der Waals surface area contributed by atoms with E-state index in [-0.39, 0.29) is 6.10 Å². The molecule has 96 valence electrons. The summed E-state index contributed by atoms with van der Waals surface area (Å²) < 4.78 is 0. The van der Waals surface area contributed by atoms with Gasteiger partial charge in [0.15, 0.2) is 6.29 Å². The molecule has 3 rings (SSSR count). The predicted molar refractivity (Wildman–Crippen MR) is 71.1 cm³/mol. The Balaban J connectivity index is 1.98. The Kier molecular flexibility index (Phi) is 2.86. The number of anilines is 1. The van der Waals surface area contributed by atoms with Crippen LogP contribution in [-0.2, 0) is 0 Å². The number of piperidine rings is 1. The number of rotatable bonds is 2. The highest BCUT2D eigenvalue weighted by molar-refractivity contribution is 5.85. The van der Waals surface area contributed by atoms with Crippen LogP contribution in [0.4, 0.5) is 5.69 Å². The maximum atomic E-state index is 11.2. The van der Waals surface area contributed by atoms with E-state index in [1.54, 1.807) is 0 Å². The minimum absolute atomic E-state index is 0.163. The number of aliphatic hydroxyl groups excluding tert-OH is 1. The van der Waals surface area contributed by atoms with E-state index in [2.05, 4.69) is 17.0 Å². The molecule has 1 aromatic rings. The molecule has 2 aliphatic heterocycles. The highest BCUT2D eigenvalue weighted by Crippen LogP contribution is 2.40. The molecule has 2 saturated heterocycles. The highest BCUT2D eigenvalue weighted by Gasteiger charge is 2.40. The van der Waals surface area contributed by atoms with E-state index in [1.807, 2.05) is 13.0 Å². The standard InChI is InChI=1S/C15H19NO2/c1-10-2-5-15(11(6-10)9-17)16-12-3-4-13(16)8-14(18)7-12/h2,5-6,9,12-14,18H,3-4,7-8H2,1H3. The van der Waals surface area contributed by atoms with Crippen LogP contribution in [0.25, 0.3) is 0 Å². The summed E-state index contributed by atoms with van der Waals surface area (Å²) in [5, 5.41) is 9.83. The normalized spacial score (nSPS) is 30.6. The molecular weight excluding hydrogens is 226 g/mol. The summed E-state index contributed by atoms with van der Waals surface area (Å²) in [6.45, 7) is 2.01. The summed E-state index contributed by atoms with van der Waals surface area (Å²) in [4.78, 5) is 13.6. The third kappa shape index (κ3) is 1.83. The van der Waals surface area contributed by atoms with Crippen LogP contribution in [0.1, 0.15) is 41.6 Å². The van der Waals surface area contributed by atoms with Crippen molar-refractivity contribution in [1.29, 1.82) is 0 Å².